The molecule has 0 aliphatic heterocycles. The second-order valence-electron chi connectivity index (χ2n) is 10.9. The number of hydrogen-bond acceptors (Lipinski definition) is 5. The minimum atomic E-state index is -3.89. The number of benzene rings is 3. The SMILES string of the molecule is CC[C@@H](C(=O)NC(C)(C)C)N(Cc1c(Cl)cccc1Cl)C(=O)CN(c1ccc(OCc2ccccc2)cc1)S(C)(=O)=O. The molecular formula is C31H37Cl2N3O5S. The van der Waals surface area contributed by atoms with Crippen LogP contribution in [0.25, 0.3) is 0 Å². The van der Waals surface area contributed by atoms with Gasteiger partial charge in [0.25, 0.3) is 0 Å². The number of halogens is 2. The van der Waals surface area contributed by atoms with Crippen LogP contribution in [0.2, 0.25) is 10.0 Å². The Morgan fingerprint density at radius 1 is 0.929 bits per heavy atom. The predicted octanol–water partition coefficient (Wildman–Crippen LogP) is 6.06. The second-order valence-corrected chi connectivity index (χ2v) is 13.6. The average Bonchev–Trinajstić information content (AvgIpc) is 2.91. The third kappa shape index (κ3) is 9.37. The first-order chi connectivity index (χ1) is 19.7. The van der Waals surface area contributed by atoms with E-state index in [2.05, 4.69) is 5.32 Å². The first-order valence-corrected chi connectivity index (χ1v) is 16.1. The number of anilines is 1. The van der Waals surface area contributed by atoms with Crippen molar-refractivity contribution in [3.63, 3.8) is 0 Å². The lowest BCUT2D eigenvalue weighted by molar-refractivity contribution is -0.141. The smallest absolute Gasteiger partial charge is 0.244 e. The maximum atomic E-state index is 13.9. The standard InChI is InChI=1S/C31H37Cl2N3O5S/c1-6-28(30(38)34-31(2,3)4)35(19-25-26(32)13-10-14-27(25)33)29(37)20-36(42(5,39)40)23-15-17-24(18-16-23)41-21-22-11-8-7-9-12-22/h7-18,28H,6,19-21H2,1-5H3,(H,34,38)/t28-/m0/s1. The summed E-state index contributed by atoms with van der Waals surface area (Å²) in [5.74, 6) is -0.411. The van der Waals surface area contributed by atoms with Gasteiger partial charge in [-0.25, -0.2) is 8.42 Å². The highest BCUT2D eigenvalue weighted by Gasteiger charge is 2.33. The molecule has 3 rings (SSSR count). The number of ether oxygens (including phenoxy) is 1. The van der Waals surface area contributed by atoms with Crippen molar-refractivity contribution in [2.75, 3.05) is 17.1 Å². The number of carbonyl (C=O) groups is 2. The van der Waals surface area contributed by atoms with Crippen molar-refractivity contribution in [3.05, 3.63) is 94.0 Å². The van der Waals surface area contributed by atoms with Crippen LogP contribution in [-0.4, -0.2) is 49.5 Å². The number of sulfonamides is 1. The number of carbonyl (C=O) groups excluding carboxylic acids is 2. The predicted molar refractivity (Wildman–Crippen MR) is 168 cm³/mol. The molecule has 3 aromatic rings. The van der Waals surface area contributed by atoms with E-state index in [1.807, 2.05) is 51.1 Å². The van der Waals surface area contributed by atoms with Crippen LogP contribution in [0, 0.1) is 0 Å². The van der Waals surface area contributed by atoms with Crippen LogP contribution < -0.4 is 14.4 Å². The second kappa shape index (κ2) is 14.3. The van der Waals surface area contributed by atoms with E-state index >= 15 is 0 Å². The largest absolute Gasteiger partial charge is 0.489 e. The minimum absolute atomic E-state index is 0.0860. The molecule has 2 amide bonds. The molecule has 0 bridgehead atoms. The van der Waals surface area contributed by atoms with E-state index in [1.165, 1.54) is 4.90 Å². The summed E-state index contributed by atoms with van der Waals surface area (Å²) in [4.78, 5) is 28.6. The van der Waals surface area contributed by atoms with Gasteiger partial charge in [0.05, 0.1) is 11.9 Å². The molecule has 42 heavy (non-hydrogen) atoms. The van der Waals surface area contributed by atoms with Crippen molar-refractivity contribution in [1.82, 2.24) is 10.2 Å². The Balaban J connectivity index is 1.91. The topological polar surface area (TPSA) is 96.0 Å². The van der Waals surface area contributed by atoms with Crippen LogP contribution in [0.5, 0.6) is 5.75 Å². The fourth-order valence-corrected chi connectivity index (χ4v) is 5.66. The van der Waals surface area contributed by atoms with Gasteiger partial charge in [0, 0.05) is 27.7 Å². The van der Waals surface area contributed by atoms with E-state index in [0.29, 0.717) is 28.0 Å². The minimum Gasteiger partial charge on any atom is -0.489 e. The molecule has 0 saturated heterocycles. The van der Waals surface area contributed by atoms with Gasteiger partial charge in [-0.15, -0.1) is 0 Å². The fraction of sp³-hybridized carbons (Fsp3) is 0.355. The first-order valence-electron chi connectivity index (χ1n) is 13.5. The maximum Gasteiger partial charge on any atom is 0.244 e. The molecule has 0 heterocycles. The molecule has 0 unspecified atom stereocenters. The Bertz CT molecular complexity index is 1460. The molecule has 0 spiro atoms. The van der Waals surface area contributed by atoms with Gasteiger partial charge in [-0.3, -0.25) is 13.9 Å². The van der Waals surface area contributed by atoms with Gasteiger partial charge in [0.2, 0.25) is 21.8 Å². The zero-order valence-corrected chi connectivity index (χ0v) is 26.8. The molecule has 0 saturated carbocycles. The molecule has 226 valence electrons. The Morgan fingerprint density at radius 3 is 2.05 bits per heavy atom. The van der Waals surface area contributed by atoms with Crippen LogP contribution in [-0.2, 0) is 32.8 Å². The summed E-state index contributed by atoms with van der Waals surface area (Å²) < 4.78 is 32.7. The third-order valence-electron chi connectivity index (χ3n) is 6.33. The highest BCUT2D eigenvalue weighted by molar-refractivity contribution is 7.92. The Hall–Kier alpha value is -3.27. The number of amides is 2. The summed E-state index contributed by atoms with van der Waals surface area (Å²) >= 11 is 12.8. The van der Waals surface area contributed by atoms with E-state index in [4.69, 9.17) is 27.9 Å². The summed E-state index contributed by atoms with van der Waals surface area (Å²) in [5.41, 5.74) is 1.18. The van der Waals surface area contributed by atoms with E-state index in [1.54, 1.807) is 49.4 Å². The quantitative estimate of drug-likeness (QED) is 0.261. The fourth-order valence-electron chi connectivity index (χ4n) is 4.29. The zero-order chi connectivity index (χ0) is 31.1. The van der Waals surface area contributed by atoms with Crippen molar-refractivity contribution in [2.45, 2.75) is 58.8 Å². The van der Waals surface area contributed by atoms with Crippen molar-refractivity contribution in [2.24, 2.45) is 0 Å². The van der Waals surface area contributed by atoms with E-state index in [0.717, 1.165) is 16.1 Å². The molecular weight excluding hydrogens is 597 g/mol. The lowest BCUT2D eigenvalue weighted by Gasteiger charge is -2.34. The number of nitrogens with one attached hydrogen (secondary N) is 1. The highest BCUT2D eigenvalue weighted by atomic mass is 35.5. The third-order valence-corrected chi connectivity index (χ3v) is 8.18. The normalized spacial score (nSPS) is 12.4. The van der Waals surface area contributed by atoms with Crippen molar-refractivity contribution < 1.29 is 22.7 Å². The van der Waals surface area contributed by atoms with Gasteiger partial charge in [-0.2, -0.15) is 0 Å². The molecule has 11 heteroatoms. The van der Waals surface area contributed by atoms with Gasteiger partial charge in [-0.1, -0.05) is 66.5 Å². The zero-order valence-electron chi connectivity index (χ0n) is 24.4. The van der Waals surface area contributed by atoms with Crippen molar-refractivity contribution >= 4 is 50.7 Å². The lowest BCUT2D eigenvalue weighted by Crippen LogP contribution is -2.55. The lowest BCUT2D eigenvalue weighted by atomic mass is 10.1. The first kappa shape index (κ1) is 33.2. The molecule has 0 aromatic heterocycles. The average molecular weight is 635 g/mol. The van der Waals surface area contributed by atoms with Gasteiger partial charge < -0.3 is 15.0 Å². The Labute approximate surface area is 258 Å². The summed E-state index contributed by atoms with van der Waals surface area (Å²) in [6, 6.07) is 20.2. The number of nitrogens with zero attached hydrogens (tertiary/aromatic N) is 2. The Kier molecular flexibility index (Phi) is 11.3. The van der Waals surface area contributed by atoms with E-state index < -0.39 is 34.1 Å². The summed E-state index contributed by atoms with van der Waals surface area (Å²) in [5, 5.41) is 3.58. The van der Waals surface area contributed by atoms with Crippen LogP contribution >= 0.6 is 23.2 Å². The molecule has 3 aromatic carbocycles. The summed E-state index contributed by atoms with van der Waals surface area (Å²) in [6.45, 7) is 7.03. The van der Waals surface area contributed by atoms with Gasteiger partial charge in [0.15, 0.2) is 0 Å². The highest BCUT2D eigenvalue weighted by Crippen LogP contribution is 2.28. The monoisotopic (exact) mass is 633 g/mol. The van der Waals surface area contributed by atoms with Crippen LogP contribution in [0.15, 0.2) is 72.8 Å². The van der Waals surface area contributed by atoms with Crippen molar-refractivity contribution in [3.8, 4) is 5.75 Å². The number of rotatable bonds is 12. The van der Waals surface area contributed by atoms with E-state index in [9.17, 15) is 18.0 Å². The summed E-state index contributed by atoms with van der Waals surface area (Å²) in [7, 11) is -3.89. The molecule has 0 fully saturated rings. The molecule has 0 radical (unpaired) electrons. The number of hydrogen-bond donors (Lipinski definition) is 1. The Morgan fingerprint density at radius 2 is 1.52 bits per heavy atom. The molecule has 0 aliphatic rings. The maximum absolute atomic E-state index is 13.9. The van der Waals surface area contributed by atoms with E-state index in [-0.39, 0.29) is 24.6 Å². The summed E-state index contributed by atoms with van der Waals surface area (Å²) in [6.07, 6.45) is 1.31. The van der Waals surface area contributed by atoms with Crippen LogP contribution in [0.4, 0.5) is 5.69 Å². The molecule has 0 aliphatic carbocycles. The molecule has 1 atom stereocenters. The van der Waals surface area contributed by atoms with Gasteiger partial charge in [0.1, 0.15) is 24.9 Å². The van der Waals surface area contributed by atoms with Crippen LogP contribution in [0.3, 0.4) is 0 Å². The molecule has 1 N–H and O–H groups in total. The van der Waals surface area contributed by atoms with Gasteiger partial charge in [-0.05, 0) is 69.2 Å². The van der Waals surface area contributed by atoms with Gasteiger partial charge >= 0.3 is 0 Å². The molecule has 8 nitrogen and oxygen atoms in total. The van der Waals surface area contributed by atoms with Crippen molar-refractivity contribution in [1.29, 1.82) is 0 Å². The van der Waals surface area contributed by atoms with Crippen LogP contribution in [0.1, 0.15) is 45.2 Å².